The molecule has 0 amide bonds. The van der Waals surface area contributed by atoms with Crippen molar-refractivity contribution in [3.63, 3.8) is 0 Å². The van der Waals surface area contributed by atoms with Crippen LogP contribution in [0.5, 0.6) is 5.75 Å². The second-order valence-electron chi connectivity index (χ2n) is 2.41. The lowest BCUT2D eigenvalue weighted by atomic mass is 10.2. The second-order valence-corrected chi connectivity index (χ2v) is 3.16. The van der Waals surface area contributed by atoms with Crippen LogP contribution in [0.4, 0.5) is 0 Å². The Morgan fingerprint density at radius 3 is 2.50 bits per heavy atom. The molecule has 0 spiro atoms. The van der Waals surface area contributed by atoms with E-state index in [0.29, 0.717) is 0 Å². The largest absolute Gasteiger partial charge is 0.508 e. The Kier molecular flexibility index (Phi) is 3.06. The molecule has 0 aliphatic carbocycles. The fraction of sp³-hybridized carbons (Fsp3) is 0.125. The lowest BCUT2D eigenvalue weighted by Crippen LogP contribution is -1.92. The molecule has 64 valence electrons. The number of hydrogen-bond donors (Lipinski definition) is 1. The molecule has 1 unspecified atom stereocenters. The predicted molar refractivity (Wildman–Crippen MR) is 53.2 cm³/mol. The van der Waals surface area contributed by atoms with Gasteiger partial charge in [-0.1, -0.05) is 0 Å². The molecule has 1 aromatic carbocycles. The van der Waals surface area contributed by atoms with Crippen molar-refractivity contribution < 1.29 is 5.11 Å². The SMILES string of the molecule is CN(P)/N=C/c1ccc(O)cc1. The van der Waals surface area contributed by atoms with Gasteiger partial charge < -0.3 is 5.11 Å². The predicted octanol–water partition coefficient (Wildman–Crippen LogP) is 1.45. The van der Waals surface area contributed by atoms with E-state index < -0.39 is 0 Å². The van der Waals surface area contributed by atoms with E-state index in [1.165, 1.54) is 0 Å². The Bertz CT molecular complexity index is 269. The van der Waals surface area contributed by atoms with Crippen molar-refractivity contribution >= 4 is 15.6 Å². The third kappa shape index (κ3) is 2.89. The summed E-state index contributed by atoms with van der Waals surface area (Å²) in [6.45, 7) is 0. The first kappa shape index (κ1) is 9.01. The molecule has 1 atom stereocenters. The van der Waals surface area contributed by atoms with Crippen molar-refractivity contribution in [2.24, 2.45) is 5.10 Å². The molecule has 3 nitrogen and oxygen atoms in total. The van der Waals surface area contributed by atoms with Crippen molar-refractivity contribution in [2.75, 3.05) is 7.05 Å². The number of phenolic OH excluding ortho intramolecular Hbond substituents is 1. The van der Waals surface area contributed by atoms with Crippen LogP contribution in [0.15, 0.2) is 29.4 Å². The van der Waals surface area contributed by atoms with Gasteiger partial charge in [-0.25, -0.2) is 0 Å². The zero-order chi connectivity index (χ0) is 8.97. The number of phenols is 1. The summed E-state index contributed by atoms with van der Waals surface area (Å²) in [5.41, 5.74) is 0.960. The molecule has 1 aromatic rings. The van der Waals surface area contributed by atoms with Crippen LogP contribution >= 0.6 is 9.39 Å². The summed E-state index contributed by atoms with van der Waals surface area (Å²) in [6, 6.07) is 6.86. The van der Waals surface area contributed by atoms with Gasteiger partial charge in [0.05, 0.1) is 6.21 Å². The highest BCUT2D eigenvalue weighted by molar-refractivity contribution is 7.13. The normalized spacial score (nSPS) is 10.5. The maximum absolute atomic E-state index is 8.98. The van der Waals surface area contributed by atoms with E-state index in [-0.39, 0.29) is 5.75 Å². The lowest BCUT2D eigenvalue weighted by molar-refractivity contribution is 0.475. The maximum Gasteiger partial charge on any atom is 0.115 e. The molecule has 0 bridgehead atoms. The van der Waals surface area contributed by atoms with Gasteiger partial charge in [0.1, 0.15) is 5.75 Å². The maximum atomic E-state index is 8.98. The number of nitrogens with zero attached hydrogens (tertiary/aromatic N) is 2. The van der Waals surface area contributed by atoms with Crippen molar-refractivity contribution in [3.8, 4) is 5.75 Å². The fourth-order valence-electron chi connectivity index (χ4n) is 0.718. The van der Waals surface area contributed by atoms with Crippen LogP contribution in [0.2, 0.25) is 0 Å². The van der Waals surface area contributed by atoms with Crippen molar-refractivity contribution in [1.82, 2.24) is 4.78 Å². The van der Waals surface area contributed by atoms with Crippen molar-refractivity contribution in [3.05, 3.63) is 29.8 Å². The molecule has 1 N–H and O–H groups in total. The highest BCUT2D eigenvalue weighted by atomic mass is 31.0. The van der Waals surface area contributed by atoms with Crippen LogP contribution in [-0.2, 0) is 0 Å². The molecule has 0 heterocycles. The number of benzene rings is 1. The lowest BCUT2D eigenvalue weighted by Gasteiger charge is -2.01. The summed E-state index contributed by atoms with van der Waals surface area (Å²) in [5.74, 6) is 0.270. The molecule has 1 rings (SSSR count). The topological polar surface area (TPSA) is 35.8 Å². The summed E-state index contributed by atoms with van der Waals surface area (Å²) < 4.78 is 1.63. The van der Waals surface area contributed by atoms with Gasteiger partial charge >= 0.3 is 0 Å². The molecule has 0 aliphatic rings. The average Bonchev–Trinajstić information content (AvgIpc) is 2.03. The minimum atomic E-state index is 0.270. The number of hydrazone groups is 1. The second kappa shape index (κ2) is 4.07. The fourth-order valence-corrected chi connectivity index (χ4v) is 0.785. The van der Waals surface area contributed by atoms with E-state index in [1.54, 1.807) is 35.3 Å². The standard InChI is InChI=1S/C8H11N2OP/c1-10(12)9-6-7-2-4-8(11)5-3-7/h2-6,11H,12H2,1H3/b9-6+. The van der Waals surface area contributed by atoms with E-state index >= 15 is 0 Å². The van der Waals surface area contributed by atoms with E-state index in [0.717, 1.165) is 5.56 Å². The third-order valence-electron chi connectivity index (χ3n) is 1.28. The van der Waals surface area contributed by atoms with Gasteiger partial charge in [-0.15, -0.1) is 0 Å². The number of hydrogen-bond acceptors (Lipinski definition) is 3. The van der Waals surface area contributed by atoms with Gasteiger partial charge in [-0.2, -0.15) is 5.10 Å². The smallest absolute Gasteiger partial charge is 0.115 e. The van der Waals surface area contributed by atoms with Crippen LogP contribution in [0.25, 0.3) is 0 Å². The summed E-state index contributed by atoms with van der Waals surface area (Å²) in [7, 11) is 4.25. The summed E-state index contributed by atoms with van der Waals surface area (Å²) in [6.07, 6.45) is 1.71. The Balaban J connectivity index is 2.71. The highest BCUT2D eigenvalue weighted by Gasteiger charge is 1.88. The van der Waals surface area contributed by atoms with E-state index in [9.17, 15) is 0 Å². The molecular weight excluding hydrogens is 171 g/mol. The van der Waals surface area contributed by atoms with E-state index in [4.69, 9.17) is 5.11 Å². The third-order valence-corrected chi connectivity index (χ3v) is 1.42. The van der Waals surface area contributed by atoms with Gasteiger partial charge in [0.15, 0.2) is 0 Å². The number of aromatic hydroxyl groups is 1. The molecule has 0 aromatic heterocycles. The van der Waals surface area contributed by atoms with Crippen LogP contribution < -0.4 is 0 Å². The minimum Gasteiger partial charge on any atom is -0.508 e. The van der Waals surface area contributed by atoms with Gasteiger partial charge in [0.2, 0.25) is 0 Å². The van der Waals surface area contributed by atoms with Gasteiger partial charge in [-0.05, 0) is 39.2 Å². The monoisotopic (exact) mass is 182 g/mol. The minimum absolute atomic E-state index is 0.270. The van der Waals surface area contributed by atoms with Gasteiger partial charge in [0.25, 0.3) is 0 Å². The van der Waals surface area contributed by atoms with Crippen LogP contribution in [0.3, 0.4) is 0 Å². The van der Waals surface area contributed by atoms with E-state index in [1.807, 2.05) is 7.05 Å². The Morgan fingerprint density at radius 2 is 2.00 bits per heavy atom. The van der Waals surface area contributed by atoms with Crippen LogP contribution in [-0.4, -0.2) is 23.1 Å². The van der Waals surface area contributed by atoms with Crippen LogP contribution in [0.1, 0.15) is 5.56 Å². The van der Waals surface area contributed by atoms with Crippen molar-refractivity contribution in [2.45, 2.75) is 0 Å². The van der Waals surface area contributed by atoms with E-state index in [2.05, 4.69) is 14.5 Å². The molecule has 4 heteroatoms. The Hall–Kier alpha value is -1.08. The molecular formula is C8H11N2OP. The summed E-state index contributed by atoms with van der Waals surface area (Å²) >= 11 is 0. The molecule has 0 saturated carbocycles. The average molecular weight is 182 g/mol. The first-order chi connectivity index (χ1) is 5.68. The van der Waals surface area contributed by atoms with Crippen molar-refractivity contribution in [1.29, 1.82) is 0 Å². The summed E-state index contributed by atoms with van der Waals surface area (Å²) in [4.78, 5) is 0. The molecule has 0 fully saturated rings. The highest BCUT2D eigenvalue weighted by Crippen LogP contribution is 2.08. The first-order valence-electron chi connectivity index (χ1n) is 3.50. The quantitative estimate of drug-likeness (QED) is 0.427. The molecule has 0 radical (unpaired) electrons. The Labute approximate surface area is 74.0 Å². The zero-order valence-electron chi connectivity index (χ0n) is 6.81. The molecule has 0 saturated heterocycles. The van der Waals surface area contributed by atoms with Crippen LogP contribution in [0, 0.1) is 0 Å². The Morgan fingerprint density at radius 1 is 1.42 bits per heavy atom. The molecule has 12 heavy (non-hydrogen) atoms. The first-order valence-corrected chi connectivity index (χ1v) is 4.01. The van der Waals surface area contributed by atoms with Gasteiger partial charge in [-0.3, -0.25) is 4.78 Å². The molecule has 0 aliphatic heterocycles. The number of rotatable bonds is 2. The summed E-state index contributed by atoms with van der Waals surface area (Å²) in [5, 5.41) is 13.0. The van der Waals surface area contributed by atoms with Gasteiger partial charge in [0, 0.05) is 7.05 Å². The zero-order valence-corrected chi connectivity index (χ0v) is 7.96.